The molecule has 0 amide bonds. The Morgan fingerprint density at radius 1 is 1.18 bits per heavy atom. The van der Waals surface area contributed by atoms with E-state index in [1.54, 1.807) is 0 Å². The minimum Gasteiger partial charge on any atom is -0.481 e. The van der Waals surface area contributed by atoms with Gasteiger partial charge in [0.25, 0.3) is 0 Å². The third-order valence-corrected chi connectivity index (χ3v) is 6.37. The second-order valence-electron chi connectivity index (χ2n) is 6.44. The minimum atomic E-state index is -0.676. The summed E-state index contributed by atoms with van der Waals surface area (Å²) in [5, 5.41) is 9.30. The van der Waals surface area contributed by atoms with Crippen LogP contribution >= 0.6 is 11.8 Å². The van der Waals surface area contributed by atoms with Crippen molar-refractivity contribution in [3.63, 3.8) is 0 Å². The molecule has 0 aromatic carbocycles. The monoisotopic (exact) mass is 324 g/mol. The lowest BCUT2D eigenvalue weighted by atomic mass is 9.85. The van der Waals surface area contributed by atoms with E-state index in [-0.39, 0.29) is 0 Å². The highest BCUT2D eigenvalue weighted by Gasteiger charge is 2.48. The number of unbranched alkanes of at least 4 members (excludes halogenated alkanes) is 4. The standard InChI is InChI=1S/C18H28O3S/c1-2-3-8-13-22-18-14(15-11-12-16(18)21-15)9-6-4-5-7-10-17(19)20/h1,14-16,18H,3-13H2,(H,19,20). The van der Waals surface area contributed by atoms with Crippen LogP contribution < -0.4 is 0 Å². The molecule has 2 aliphatic heterocycles. The van der Waals surface area contributed by atoms with Crippen LogP contribution in [0, 0.1) is 18.3 Å². The minimum absolute atomic E-state index is 0.310. The molecule has 124 valence electrons. The van der Waals surface area contributed by atoms with Gasteiger partial charge in [0, 0.05) is 18.1 Å². The zero-order chi connectivity index (χ0) is 15.8. The van der Waals surface area contributed by atoms with Crippen LogP contribution in [0.3, 0.4) is 0 Å². The van der Waals surface area contributed by atoms with Crippen molar-refractivity contribution in [3.05, 3.63) is 0 Å². The molecule has 2 rings (SSSR count). The van der Waals surface area contributed by atoms with E-state index >= 15 is 0 Å². The molecule has 2 heterocycles. The number of aliphatic carboxylic acids is 1. The molecule has 0 spiro atoms. The predicted molar refractivity (Wildman–Crippen MR) is 91.0 cm³/mol. The molecule has 2 fully saturated rings. The van der Waals surface area contributed by atoms with Gasteiger partial charge in [-0.05, 0) is 43.8 Å². The maximum absolute atomic E-state index is 10.5. The van der Waals surface area contributed by atoms with Crippen LogP contribution in [0.15, 0.2) is 0 Å². The fourth-order valence-electron chi connectivity index (χ4n) is 3.72. The van der Waals surface area contributed by atoms with Crippen LogP contribution in [0.25, 0.3) is 0 Å². The van der Waals surface area contributed by atoms with Gasteiger partial charge in [-0.2, -0.15) is 11.8 Å². The quantitative estimate of drug-likeness (QED) is 0.459. The molecule has 0 radical (unpaired) electrons. The predicted octanol–water partition coefficient (Wildman–Crippen LogP) is 4.10. The van der Waals surface area contributed by atoms with E-state index in [0.29, 0.717) is 29.8 Å². The van der Waals surface area contributed by atoms with E-state index in [1.807, 2.05) is 0 Å². The van der Waals surface area contributed by atoms with Crippen molar-refractivity contribution in [1.29, 1.82) is 0 Å². The highest BCUT2D eigenvalue weighted by atomic mass is 32.2. The molecule has 22 heavy (non-hydrogen) atoms. The lowest BCUT2D eigenvalue weighted by Gasteiger charge is -2.27. The lowest BCUT2D eigenvalue weighted by molar-refractivity contribution is -0.137. The van der Waals surface area contributed by atoms with Gasteiger partial charge in [0.05, 0.1) is 12.2 Å². The number of rotatable bonds is 11. The van der Waals surface area contributed by atoms with Gasteiger partial charge in [0.2, 0.25) is 0 Å². The van der Waals surface area contributed by atoms with Gasteiger partial charge in [0.15, 0.2) is 0 Å². The molecule has 4 unspecified atom stereocenters. The molecule has 3 nitrogen and oxygen atoms in total. The van der Waals surface area contributed by atoms with Gasteiger partial charge < -0.3 is 9.84 Å². The molecule has 4 atom stereocenters. The van der Waals surface area contributed by atoms with Crippen LogP contribution in [0.1, 0.15) is 64.2 Å². The topological polar surface area (TPSA) is 46.5 Å². The van der Waals surface area contributed by atoms with Crippen molar-refractivity contribution in [1.82, 2.24) is 0 Å². The van der Waals surface area contributed by atoms with E-state index in [0.717, 1.165) is 37.9 Å². The number of hydrogen-bond donors (Lipinski definition) is 1. The van der Waals surface area contributed by atoms with Crippen molar-refractivity contribution >= 4 is 17.7 Å². The van der Waals surface area contributed by atoms with Crippen LogP contribution in [0.4, 0.5) is 0 Å². The van der Waals surface area contributed by atoms with Gasteiger partial charge in [-0.1, -0.05) is 19.3 Å². The SMILES string of the molecule is C#CCCCSC1C2CCC(O2)C1CCCCCCC(=O)O. The first-order valence-corrected chi connectivity index (χ1v) is 9.69. The summed E-state index contributed by atoms with van der Waals surface area (Å²) in [5.41, 5.74) is 0. The summed E-state index contributed by atoms with van der Waals surface area (Å²) >= 11 is 2.07. The van der Waals surface area contributed by atoms with E-state index in [2.05, 4.69) is 17.7 Å². The second-order valence-corrected chi connectivity index (χ2v) is 7.73. The Morgan fingerprint density at radius 3 is 2.73 bits per heavy atom. The van der Waals surface area contributed by atoms with Gasteiger partial charge in [-0.15, -0.1) is 12.3 Å². The molecule has 0 aliphatic carbocycles. The first-order valence-electron chi connectivity index (χ1n) is 8.64. The van der Waals surface area contributed by atoms with Crippen molar-refractivity contribution in [2.45, 2.75) is 81.7 Å². The Labute approximate surface area is 138 Å². The number of carbonyl (C=O) groups is 1. The first kappa shape index (κ1) is 17.7. The summed E-state index contributed by atoms with van der Waals surface area (Å²) in [6.45, 7) is 0. The molecule has 1 N–H and O–H groups in total. The van der Waals surface area contributed by atoms with E-state index in [1.165, 1.54) is 25.7 Å². The third-order valence-electron chi connectivity index (χ3n) is 4.81. The number of ether oxygens (including phenoxy) is 1. The lowest BCUT2D eigenvalue weighted by Crippen LogP contribution is -2.30. The molecule has 4 heteroatoms. The zero-order valence-electron chi connectivity index (χ0n) is 13.3. The first-order chi connectivity index (χ1) is 10.7. The zero-order valence-corrected chi connectivity index (χ0v) is 14.2. The highest BCUT2D eigenvalue weighted by molar-refractivity contribution is 7.99. The molecule has 2 saturated heterocycles. The maximum atomic E-state index is 10.5. The molecule has 0 saturated carbocycles. The van der Waals surface area contributed by atoms with Gasteiger partial charge >= 0.3 is 5.97 Å². The van der Waals surface area contributed by atoms with Crippen LogP contribution in [0.5, 0.6) is 0 Å². The average molecular weight is 324 g/mol. The Bertz CT molecular complexity index is 390. The highest BCUT2D eigenvalue weighted by Crippen LogP contribution is 2.47. The Morgan fingerprint density at radius 2 is 1.95 bits per heavy atom. The Hall–Kier alpha value is -0.660. The van der Waals surface area contributed by atoms with Crippen LogP contribution in [-0.2, 0) is 9.53 Å². The fraction of sp³-hybridized carbons (Fsp3) is 0.833. The van der Waals surface area contributed by atoms with Crippen molar-refractivity contribution in [2.75, 3.05) is 5.75 Å². The summed E-state index contributed by atoms with van der Waals surface area (Å²) in [6.07, 6.45) is 16.5. The largest absolute Gasteiger partial charge is 0.481 e. The number of thioether (sulfide) groups is 1. The van der Waals surface area contributed by atoms with E-state index in [4.69, 9.17) is 16.3 Å². The van der Waals surface area contributed by atoms with Crippen LogP contribution in [-0.4, -0.2) is 34.3 Å². The average Bonchev–Trinajstić information content (AvgIpc) is 3.08. The van der Waals surface area contributed by atoms with Gasteiger partial charge in [-0.25, -0.2) is 0 Å². The van der Waals surface area contributed by atoms with E-state index in [9.17, 15) is 4.79 Å². The Kier molecular flexibility index (Phi) is 7.62. The van der Waals surface area contributed by atoms with Gasteiger partial charge in [0.1, 0.15) is 0 Å². The fourth-order valence-corrected chi connectivity index (χ4v) is 5.27. The normalized spacial score (nSPS) is 29.6. The van der Waals surface area contributed by atoms with Crippen LogP contribution in [0.2, 0.25) is 0 Å². The molecule has 0 aromatic rings. The number of carboxylic acid groups (broad SMARTS) is 1. The third kappa shape index (κ3) is 5.21. The number of fused-ring (bicyclic) bond motifs is 2. The summed E-state index contributed by atoms with van der Waals surface area (Å²) < 4.78 is 6.13. The number of carboxylic acids is 1. The summed E-state index contributed by atoms with van der Waals surface area (Å²) in [7, 11) is 0. The molecule has 2 bridgehead atoms. The summed E-state index contributed by atoms with van der Waals surface area (Å²) in [4.78, 5) is 10.5. The van der Waals surface area contributed by atoms with E-state index < -0.39 is 5.97 Å². The molecular weight excluding hydrogens is 296 g/mol. The second kappa shape index (κ2) is 9.47. The van der Waals surface area contributed by atoms with Crippen molar-refractivity contribution < 1.29 is 14.6 Å². The van der Waals surface area contributed by atoms with Gasteiger partial charge in [-0.3, -0.25) is 4.79 Å². The molecule has 2 aliphatic rings. The number of hydrogen-bond acceptors (Lipinski definition) is 3. The smallest absolute Gasteiger partial charge is 0.303 e. The van der Waals surface area contributed by atoms with Crippen molar-refractivity contribution in [2.24, 2.45) is 5.92 Å². The Balaban J connectivity index is 1.64. The summed E-state index contributed by atoms with van der Waals surface area (Å²) in [6, 6.07) is 0. The maximum Gasteiger partial charge on any atom is 0.303 e. The van der Waals surface area contributed by atoms with Crippen molar-refractivity contribution in [3.8, 4) is 12.3 Å². The number of terminal acetylenes is 1. The summed E-state index contributed by atoms with van der Waals surface area (Å²) in [5.74, 6) is 3.89. The molecule has 0 aromatic heterocycles. The molecular formula is C18H28O3S.